The van der Waals surface area contributed by atoms with Gasteiger partial charge in [-0.1, -0.05) is 70.6 Å². The van der Waals surface area contributed by atoms with Crippen LogP contribution in [-0.2, 0) is 6.42 Å². The van der Waals surface area contributed by atoms with Crippen molar-refractivity contribution in [3.63, 3.8) is 0 Å². The Bertz CT molecular complexity index is 453. The number of nitrogens with zero attached hydrogens (tertiary/aromatic N) is 2. The van der Waals surface area contributed by atoms with Crippen LogP contribution in [0.2, 0.25) is 0 Å². The molecule has 0 spiro atoms. The molecule has 1 aromatic rings. The summed E-state index contributed by atoms with van der Waals surface area (Å²) in [6, 6.07) is 9.00. The standard InChI is InChI=1S/C23H40N2/c1-3-24(4-2)19-13-9-7-5-6-8-10-14-20-25-21-15-17-22-16-11-12-18-23(22)25/h11-12,16,18H,3-10,13-15,17,19-21H2,1-2H3. The molecule has 0 fully saturated rings. The molecule has 2 heteroatoms. The summed E-state index contributed by atoms with van der Waals surface area (Å²) in [7, 11) is 0. The van der Waals surface area contributed by atoms with Gasteiger partial charge in [0.05, 0.1) is 0 Å². The SMILES string of the molecule is CCN(CC)CCCCCCCCCCN1CCCc2ccccc21. The van der Waals surface area contributed by atoms with Gasteiger partial charge in [-0.25, -0.2) is 0 Å². The molecule has 0 unspecified atom stereocenters. The fourth-order valence-corrected chi connectivity index (χ4v) is 4.08. The first-order valence-corrected chi connectivity index (χ1v) is 10.9. The van der Waals surface area contributed by atoms with Crippen molar-refractivity contribution in [3.05, 3.63) is 29.8 Å². The lowest BCUT2D eigenvalue weighted by molar-refractivity contribution is 0.295. The van der Waals surface area contributed by atoms with Crippen LogP contribution in [0.4, 0.5) is 5.69 Å². The smallest absolute Gasteiger partial charge is 0.0398 e. The van der Waals surface area contributed by atoms with Crippen LogP contribution in [0.25, 0.3) is 0 Å². The monoisotopic (exact) mass is 344 g/mol. The van der Waals surface area contributed by atoms with Gasteiger partial charge in [-0.2, -0.15) is 0 Å². The second-order valence-electron chi connectivity index (χ2n) is 7.57. The fourth-order valence-electron chi connectivity index (χ4n) is 4.08. The third kappa shape index (κ3) is 7.40. The van der Waals surface area contributed by atoms with E-state index in [1.807, 2.05) is 0 Å². The largest absolute Gasteiger partial charge is 0.371 e. The van der Waals surface area contributed by atoms with Crippen LogP contribution in [0.5, 0.6) is 0 Å². The summed E-state index contributed by atoms with van der Waals surface area (Å²) in [5.41, 5.74) is 3.06. The van der Waals surface area contributed by atoms with E-state index in [4.69, 9.17) is 0 Å². The number of hydrogen-bond donors (Lipinski definition) is 0. The van der Waals surface area contributed by atoms with Gasteiger partial charge in [0.1, 0.15) is 0 Å². The molecule has 0 N–H and O–H groups in total. The van der Waals surface area contributed by atoms with E-state index in [2.05, 4.69) is 47.9 Å². The Balaban J connectivity index is 1.45. The molecule has 0 atom stereocenters. The second kappa shape index (κ2) is 12.4. The summed E-state index contributed by atoms with van der Waals surface area (Å²) >= 11 is 0. The number of benzene rings is 1. The van der Waals surface area contributed by atoms with E-state index >= 15 is 0 Å². The lowest BCUT2D eigenvalue weighted by atomic mass is 10.0. The molecule has 1 aliphatic rings. The third-order valence-electron chi connectivity index (χ3n) is 5.75. The average Bonchev–Trinajstić information content (AvgIpc) is 2.66. The molecule has 25 heavy (non-hydrogen) atoms. The van der Waals surface area contributed by atoms with Crippen molar-refractivity contribution in [2.75, 3.05) is 37.6 Å². The summed E-state index contributed by atoms with van der Waals surface area (Å²) < 4.78 is 0. The zero-order valence-corrected chi connectivity index (χ0v) is 16.8. The van der Waals surface area contributed by atoms with Crippen LogP contribution in [0.15, 0.2) is 24.3 Å². The molecule has 0 aromatic heterocycles. The minimum atomic E-state index is 1.21. The molecule has 0 radical (unpaired) electrons. The van der Waals surface area contributed by atoms with E-state index in [0.717, 1.165) is 0 Å². The molecule has 2 rings (SSSR count). The highest BCUT2D eigenvalue weighted by atomic mass is 15.1. The molecule has 0 aliphatic carbocycles. The van der Waals surface area contributed by atoms with Crippen molar-refractivity contribution in [1.29, 1.82) is 0 Å². The first-order valence-electron chi connectivity index (χ1n) is 10.9. The Morgan fingerprint density at radius 1 is 0.840 bits per heavy atom. The topological polar surface area (TPSA) is 6.48 Å². The molecule has 0 saturated heterocycles. The molecule has 2 nitrogen and oxygen atoms in total. The maximum absolute atomic E-state index is 2.62. The molecular weight excluding hydrogens is 304 g/mol. The van der Waals surface area contributed by atoms with Gasteiger partial charge in [0.25, 0.3) is 0 Å². The van der Waals surface area contributed by atoms with Gasteiger partial charge in [-0.05, 0) is 56.9 Å². The van der Waals surface area contributed by atoms with Gasteiger partial charge < -0.3 is 9.80 Å². The van der Waals surface area contributed by atoms with Crippen LogP contribution in [0, 0.1) is 0 Å². The van der Waals surface area contributed by atoms with Crippen LogP contribution in [0.3, 0.4) is 0 Å². The van der Waals surface area contributed by atoms with Crippen LogP contribution in [0.1, 0.15) is 77.2 Å². The minimum absolute atomic E-state index is 1.21. The average molecular weight is 345 g/mol. The highest BCUT2D eigenvalue weighted by molar-refractivity contribution is 5.55. The Labute approximate surface area is 156 Å². The Hall–Kier alpha value is -1.02. The van der Waals surface area contributed by atoms with Crippen molar-refractivity contribution in [3.8, 4) is 0 Å². The lowest BCUT2D eigenvalue weighted by Crippen LogP contribution is -2.30. The van der Waals surface area contributed by atoms with Crippen LogP contribution in [-0.4, -0.2) is 37.6 Å². The number of aryl methyl sites for hydroxylation is 1. The van der Waals surface area contributed by atoms with E-state index in [9.17, 15) is 0 Å². The Morgan fingerprint density at radius 2 is 1.48 bits per heavy atom. The fraction of sp³-hybridized carbons (Fsp3) is 0.739. The van der Waals surface area contributed by atoms with Crippen LogP contribution < -0.4 is 4.90 Å². The predicted molar refractivity (Wildman–Crippen MR) is 112 cm³/mol. The zero-order valence-electron chi connectivity index (χ0n) is 16.8. The number of anilines is 1. The summed E-state index contributed by atoms with van der Waals surface area (Å²) in [5, 5.41) is 0. The lowest BCUT2D eigenvalue weighted by Gasteiger charge is -2.31. The van der Waals surface area contributed by atoms with E-state index in [0.29, 0.717) is 0 Å². The summed E-state index contributed by atoms with van der Waals surface area (Å²) in [6.45, 7) is 10.8. The first-order chi connectivity index (χ1) is 12.3. The van der Waals surface area contributed by atoms with Gasteiger partial charge in [-0.3, -0.25) is 0 Å². The van der Waals surface area contributed by atoms with Gasteiger partial charge in [0, 0.05) is 18.8 Å². The van der Waals surface area contributed by atoms with Gasteiger partial charge in [0.2, 0.25) is 0 Å². The second-order valence-corrected chi connectivity index (χ2v) is 7.57. The maximum Gasteiger partial charge on any atom is 0.0398 e. The number of fused-ring (bicyclic) bond motifs is 1. The van der Waals surface area contributed by atoms with Crippen LogP contribution >= 0.6 is 0 Å². The molecule has 0 saturated carbocycles. The Morgan fingerprint density at radius 3 is 2.20 bits per heavy atom. The van der Waals surface area contributed by atoms with E-state index in [1.165, 1.54) is 103 Å². The molecule has 1 aromatic carbocycles. The summed E-state index contributed by atoms with van der Waals surface area (Å²) in [6.07, 6.45) is 13.9. The summed E-state index contributed by atoms with van der Waals surface area (Å²) in [4.78, 5) is 5.16. The molecule has 0 amide bonds. The molecule has 142 valence electrons. The minimum Gasteiger partial charge on any atom is -0.371 e. The van der Waals surface area contributed by atoms with Gasteiger partial charge in [0.15, 0.2) is 0 Å². The van der Waals surface area contributed by atoms with Crippen molar-refractivity contribution in [2.45, 2.75) is 78.1 Å². The number of para-hydroxylation sites is 1. The van der Waals surface area contributed by atoms with E-state index in [-0.39, 0.29) is 0 Å². The highest BCUT2D eigenvalue weighted by Gasteiger charge is 2.15. The summed E-state index contributed by atoms with van der Waals surface area (Å²) in [5.74, 6) is 0. The number of rotatable bonds is 13. The number of hydrogen-bond acceptors (Lipinski definition) is 2. The van der Waals surface area contributed by atoms with E-state index in [1.54, 1.807) is 5.56 Å². The quantitative estimate of drug-likeness (QED) is 0.411. The van der Waals surface area contributed by atoms with Crippen molar-refractivity contribution >= 4 is 5.69 Å². The first kappa shape index (κ1) is 20.3. The van der Waals surface area contributed by atoms with E-state index < -0.39 is 0 Å². The van der Waals surface area contributed by atoms with Crippen molar-refractivity contribution in [2.24, 2.45) is 0 Å². The molecule has 0 bridgehead atoms. The molecule has 1 aliphatic heterocycles. The highest BCUT2D eigenvalue weighted by Crippen LogP contribution is 2.26. The molecular formula is C23H40N2. The zero-order chi connectivity index (χ0) is 17.7. The maximum atomic E-state index is 2.62. The number of unbranched alkanes of at least 4 members (excludes halogenated alkanes) is 7. The Kier molecular flexibility index (Phi) is 10.0. The van der Waals surface area contributed by atoms with Gasteiger partial charge in [-0.15, -0.1) is 0 Å². The van der Waals surface area contributed by atoms with Gasteiger partial charge >= 0.3 is 0 Å². The van der Waals surface area contributed by atoms with Crippen molar-refractivity contribution < 1.29 is 0 Å². The van der Waals surface area contributed by atoms with Crippen molar-refractivity contribution in [1.82, 2.24) is 4.90 Å². The normalized spacial score (nSPS) is 14.1. The predicted octanol–water partition coefficient (Wildman–Crippen LogP) is 5.90. The third-order valence-corrected chi connectivity index (χ3v) is 5.75. The molecule has 1 heterocycles.